The zero-order valence-electron chi connectivity index (χ0n) is 14.2. The smallest absolute Gasteiger partial charge is 0.407 e. The van der Waals surface area contributed by atoms with Gasteiger partial charge in [0, 0.05) is 0 Å². The van der Waals surface area contributed by atoms with Gasteiger partial charge < -0.3 is 15.2 Å². The predicted molar refractivity (Wildman–Crippen MR) is 93.4 cm³/mol. The third-order valence-corrected chi connectivity index (χ3v) is 3.77. The van der Waals surface area contributed by atoms with Crippen LogP contribution in [0.1, 0.15) is 44.6 Å². The first-order valence-electron chi connectivity index (χ1n) is 8.40. The maximum Gasteiger partial charge on any atom is 0.407 e. The van der Waals surface area contributed by atoms with E-state index in [4.69, 9.17) is 0 Å². The number of carbonyl (C=O) groups excluding carboxylic acids is 1. The monoisotopic (exact) mass is 319 g/mol. The van der Waals surface area contributed by atoms with Crippen LogP contribution in [0.15, 0.2) is 42.5 Å². The van der Waals surface area contributed by atoms with Gasteiger partial charge in [0.25, 0.3) is 0 Å². The van der Waals surface area contributed by atoms with Crippen molar-refractivity contribution in [1.82, 2.24) is 5.32 Å². The first-order chi connectivity index (χ1) is 11.2. The van der Waals surface area contributed by atoms with Crippen LogP contribution in [0.3, 0.4) is 0 Å². The van der Waals surface area contributed by atoms with Gasteiger partial charge in [-0.2, -0.15) is 0 Å². The molecule has 0 aliphatic carbocycles. The Kier molecular flexibility index (Phi) is 9.80. The SMILES string of the molecule is CCCCC/C=C\[C@@H](NC(=O)OC)[C@@H](O)CCc1ccccc1. The normalized spacial score (nSPS) is 13.7. The predicted octanol–water partition coefficient (Wildman–Crippen LogP) is 3.84. The number of carbonyl (C=O) groups is 1. The highest BCUT2D eigenvalue weighted by Gasteiger charge is 2.18. The molecule has 0 bridgehead atoms. The van der Waals surface area contributed by atoms with Crippen LogP contribution in [0.2, 0.25) is 0 Å². The number of aliphatic hydroxyl groups is 1. The molecule has 1 aromatic carbocycles. The van der Waals surface area contributed by atoms with Gasteiger partial charge in [0.05, 0.1) is 19.3 Å². The number of hydrogen-bond acceptors (Lipinski definition) is 3. The van der Waals surface area contributed by atoms with Crippen molar-refractivity contribution < 1.29 is 14.6 Å². The van der Waals surface area contributed by atoms with Gasteiger partial charge in [0.15, 0.2) is 0 Å². The summed E-state index contributed by atoms with van der Waals surface area (Å²) < 4.78 is 4.64. The van der Waals surface area contributed by atoms with Gasteiger partial charge in [0.2, 0.25) is 0 Å². The molecular formula is C19H29NO3. The number of allylic oxidation sites excluding steroid dienone is 1. The number of amides is 1. The van der Waals surface area contributed by atoms with Crippen LogP contribution in [-0.4, -0.2) is 30.5 Å². The summed E-state index contributed by atoms with van der Waals surface area (Å²) in [5, 5.41) is 13.1. The number of aryl methyl sites for hydroxylation is 1. The van der Waals surface area contributed by atoms with E-state index in [-0.39, 0.29) is 0 Å². The van der Waals surface area contributed by atoms with E-state index in [1.807, 2.05) is 42.5 Å². The van der Waals surface area contributed by atoms with Crippen LogP contribution in [0, 0.1) is 0 Å². The zero-order chi connectivity index (χ0) is 16.9. The minimum Gasteiger partial charge on any atom is -0.453 e. The van der Waals surface area contributed by atoms with Crippen LogP contribution in [-0.2, 0) is 11.2 Å². The molecule has 1 rings (SSSR count). The molecule has 1 aromatic rings. The minimum absolute atomic E-state index is 0.423. The molecule has 2 N–H and O–H groups in total. The van der Waals surface area contributed by atoms with E-state index in [2.05, 4.69) is 17.0 Å². The number of hydrogen-bond donors (Lipinski definition) is 2. The molecule has 0 saturated carbocycles. The summed E-state index contributed by atoms with van der Waals surface area (Å²) in [6, 6.07) is 9.60. The fourth-order valence-corrected chi connectivity index (χ4v) is 2.36. The van der Waals surface area contributed by atoms with Crippen LogP contribution < -0.4 is 5.32 Å². The highest BCUT2D eigenvalue weighted by Crippen LogP contribution is 2.10. The Labute approximate surface area is 139 Å². The molecule has 0 aliphatic heterocycles. The Morgan fingerprint density at radius 3 is 2.70 bits per heavy atom. The van der Waals surface area contributed by atoms with E-state index in [1.165, 1.54) is 25.5 Å². The van der Waals surface area contributed by atoms with Gasteiger partial charge in [-0.15, -0.1) is 0 Å². The molecule has 0 radical (unpaired) electrons. The van der Waals surface area contributed by atoms with Crippen molar-refractivity contribution in [3.05, 3.63) is 48.0 Å². The first-order valence-corrected chi connectivity index (χ1v) is 8.40. The standard InChI is InChI=1S/C19H29NO3/c1-3-4-5-6-10-13-17(20-19(22)23-2)18(21)15-14-16-11-8-7-9-12-16/h7-13,17-18,21H,3-6,14-15H2,1-2H3,(H,20,22)/b13-10-/t17-,18+/m1/s1. The molecule has 23 heavy (non-hydrogen) atoms. The van der Waals surface area contributed by atoms with Gasteiger partial charge in [-0.05, 0) is 31.2 Å². The van der Waals surface area contributed by atoms with Crippen molar-refractivity contribution >= 4 is 6.09 Å². The highest BCUT2D eigenvalue weighted by molar-refractivity contribution is 5.67. The lowest BCUT2D eigenvalue weighted by molar-refractivity contribution is 0.122. The third kappa shape index (κ3) is 8.41. The molecule has 0 heterocycles. The lowest BCUT2D eigenvalue weighted by Gasteiger charge is -2.20. The molecule has 1 amide bonds. The van der Waals surface area contributed by atoms with E-state index in [0.29, 0.717) is 6.42 Å². The minimum atomic E-state index is -0.642. The molecule has 0 unspecified atom stereocenters. The second kappa shape index (κ2) is 11.7. The van der Waals surface area contributed by atoms with E-state index >= 15 is 0 Å². The van der Waals surface area contributed by atoms with Crippen LogP contribution in [0.5, 0.6) is 0 Å². The molecule has 0 fully saturated rings. The van der Waals surface area contributed by atoms with Crippen molar-refractivity contribution in [2.45, 2.75) is 57.6 Å². The number of methoxy groups -OCH3 is 1. The van der Waals surface area contributed by atoms with Crippen LogP contribution >= 0.6 is 0 Å². The largest absolute Gasteiger partial charge is 0.453 e. The quantitative estimate of drug-likeness (QED) is 0.509. The van der Waals surface area contributed by atoms with Gasteiger partial charge >= 0.3 is 6.09 Å². The van der Waals surface area contributed by atoms with Crippen molar-refractivity contribution in [1.29, 1.82) is 0 Å². The number of ether oxygens (including phenoxy) is 1. The summed E-state index contributed by atoms with van der Waals surface area (Å²) >= 11 is 0. The molecule has 0 saturated heterocycles. The number of aliphatic hydroxyl groups excluding tert-OH is 1. The third-order valence-electron chi connectivity index (χ3n) is 3.77. The lowest BCUT2D eigenvalue weighted by atomic mass is 10.0. The topological polar surface area (TPSA) is 58.6 Å². The fourth-order valence-electron chi connectivity index (χ4n) is 2.36. The van der Waals surface area contributed by atoms with E-state index in [9.17, 15) is 9.90 Å². The summed E-state index contributed by atoms with van der Waals surface area (Å²) in [5.41, 5.74) is 1.18. The molecule has 0 spiro atoms. The van der Waals surface area contributed by atoms with Crippen molar-refractivity contribution in [3.8, 4) is 0 Å². The summed E-state index contributed by atoms with van der Waals surface area (Å²) in [6.45, 7) is 2.17. The number of alkyl carbamates (subject to hydrolysis) is 1. The van der Waals surface area contributed by atoms with E-state index < -0.39 is 18.2 Å². The van der Waals surface area contributed by atoms with Crippen molar-refractivity contribution in [2.75, 3.05) is 7.11 Å². The van der Waals surface area contributed by atoms with Gasteiger partial charge in [-0.1, -0.05) is 62.2 Å². The number of unbranched alkanes of at least 4 members (excludes halogenated alkanes) is 3. The Hall–Kier alpha value is -1.81. The van der Waals surface area contributed by atoms with Crippen LogP contribution in [0.25, 0.3) is 0 Å². The molecule has 4 heteroatoms. The summed E-state index contributed by atoms with van der Waals surface area (Å²) in [6.07, 6.45) is 8.54. The van der Waals surface area contributed by atoms with E-state index in [1.54, 1.807) is 0 Å². The summed E-state index contributed by atoms with van der Waals surface area (Å²) in [5.74, 6) is 0. The Morgan fingerprint density at radius 1 is 1.30 bits per heavy atom. The van der Waals surface area contributed by atoms with Crippen LogP contribution in [0.4, 0.5) is 4.79 Å². The zero-order valence-corrected chi connectivity index (χ0v) is 14.2. The molecule has 0 aliphatic rings. The first kappa shape index (κ1) is 19.2. The Morgan fingerprint density at radius 2 is 2.04 bits per heavy atom. The highest BCUT2D eigenvalue weighted by atomic mass is 16.5. The molecular weight excluding hydrogens is 290 g/mol. The number of benzene rings is 1. The number of rotatable bonds is 10. The number of nitrogens with one attached hydrogen (secondary N) is 1. The van der Waals surface area contributed by atoms with Gasteiger partial charge in [-0.3, -0.25) is 0 Å². The second-order valence-electron chi connectivity index (χ2n) is 5.68. The van der Waals surface area contributed by atoms with Crippen molar-refractivity contribution in [3.63, 3.8) is 0 Å². The molecule has 0 aromatic heterocycles. The molecule has 2 atom stereocenters. The molecule has 4 nitrogen and oxygen atoms in total. The Bertz CT molecular complexity index is 459. The van der Waals surface area contributed by atoms with Crippen molar-refractivity contribution in [2.24, 2.45) is 0 Å². The maximum atomic E-state index is 11.5. The summed E-state index contributed by atoms with van der Waals surface area (Å²) in [4.78, 5) is 11.5. The van der Waals surface area contributed by atoms with E-state index in [0.717, 1.165) is 19.3 Å². The Balaban J connectivity index is 2.53. The summed E-state index contributed by atoms with van der Waals surface area (Å²) in [7, 11) is 1.33. The molecule has 128 valence electrons. The average Bonchev–Trinajstić information content (AvgIpc) is 2.59. The second-order valence-corrected chi connectivity index (χ2v) is 5.68. The van der Waals surface area contributed by atoms with Gasteiger partial charge in [0.1, 0.15) is 0 Å². The fraction of sp³-hybridized carbons (Fsp3) is 0.526. The average molecular weight is 319 g/mol. The maximum absolute atomic E-state index is 11.5. The lowest BCUT2D eigenvalue weighted by Crippen LogP contribution is -2.42. The van der Waals surface area contributed by atoms with Gasteiger partial charge in [-0.25, -0.2) is 4.79 Å².